The van der Waals surface area contributed by atoms with Gasteiger partial charge in [-0.3, -0.25) is 0 Å². The summed E-state index contributed by atoms with van der Waals surface area (Å²) in [6.45, 7) is 3.14. The molecule has 0 amide bonds. The number of rotatable bonds is 3. The standard InChI is InChI=1S/C14H15BrN2/c1-9-2-5-11-7-12(15)14(17-13(11)6-9)16-8-10-3-4-10/h2,5-7,10H,3-4,8H2,1H3,(H,16,17). The van der Waals surface area contributed by atoms with Crippen LogP contribution in [-0.4, -0.2) is 11.5 Å². The molecule has 1 fully saturated rings. The third-order valence-corrected chi connectivity index (χ3v) is 3.79. The highest BCUT2D eigenvalue weighted by Gasteiger charge is 2.21. The predicted molar refractivity (Wildman–Crippen MR) is 75.4 cm³/mol. The monoisotopic (exact) mass is 290 g/mol. The molecule has 1 aromatic carbocycles. The molecule has 0 atom stereocenters. The second-order valence-electron chi connectivity index (χ2n) is 4.84. The van der Waals surface area contributed by atoms with E-state index in [-0.39, 0.29) is 0 Å². The fraction of sp³-hybridized carbons (Fsp3) is 0.357. The van der Waals surface area contributed by atoms with Gasteiger partial charge in [-0.05, 0) is 59.3 Å². The number of benzene rings is 1. The molecule has 3 rings (SSSR count). The molecule has 2 aromatic rings. The number of halogens is 1. The van der Waals surface area contributed by atoms with Crippen molar-refractivity contribution in [2.75, 3.05) is 11.9 Å². The summed E-state index contributed by atoms with van der Waals surface area (Å²) in [4.78, 5) is 4.68. The van der Waals surface area contributed by atoms with E-state index >= 15 is 0 Å². The topological polar surface area (TPSA) is 24.9 Å². The van der Waals surface area contributed by atoms with Crippen molar-refractivity contribution in [1.29, 1.82) is 0 Å². The highest BCUT2D eigenvalue weighted by molar-refractivity contribution is 9.10. The molecule has 1 aliphatic carbocycles. The number of aromatic nitrogens is 1. The van der Waals surface area contributed by atoms with Crippen molar-refractivity contribution in [2.45, 2.75) is 19.8 Å². The summed E-state index contributed by atoms with van der Waals surface area (Å²) < 4.78 is 1.05. The third kappa shape index (κ3) is 2.44. The third-order valence-electron chi connectivity index (χ3n) is 3.18. The number of aryl methyl sites for hydroxylation is 1. The van der Waals surface area contributed by atoms with Gasteiger partial charge in [-0.2, -0.15) is 0 Å². The maximum absolute atomic E-state index is 4.68. The van der Waals surface area contributed by atoms with Crippen LogP contribution in [0.1, 0.15) is 18.4 Å². The number of anilines is 1. The summed E-state index contributed by atoms with van der Waals surface area (Å²) in [6.07, 6.45) is 2.72. The lowest BCUT2D eigenvalue weighted by Crippen LogP contribution is -2.05. The second-order valence-corrected chi connectivity index (χ2v) is 5.69. The van der Waals surface area contributed by atoms with E-state index in [0.29, 0.717) is 0 Å². The Labute approximate surface area is 110 Å². The zero-order valence-corrected chi connectivity index (χ0v) is 11.4. The molecule has 1 aromatic heterocycles. The number of hydrogen-bond acceptors (Lipinski definition) is 2. The molecule has 3 heteroatoms. The first-order valence-electron chi connectivity index (χ1n) is 6.03. The smallest absolute Gasteiger partial charge is 0.141 e. The first kappa shape index (κ1) is 11.0. The van der Waals surface area contributed by atoms with Gasteiger partial charge >= 0.3 is 0 Å². The van der Waals surface area contributed by atoms with Crippen LogP contribution in [0, 0.1) is 12.8 Å². The van der Waals surface area contributed by atoms with Gasteiger partial charge in [0.15, 0.2) is 0 Å². The Hall–Kier alpha value is -1.09. The predicted octanol–water partition coefficient (Wildman–Crippen LogP) is 4.13. The lowest BCUT2D eigenvalue weighted by atomic mass is 10.1. The molecule has 0 unspecified atom stereocenters. The summed E-state index contributed by atoms with van der Waals surface area (Å²) >= 11 is 3.58. The molecule has 0 aliphatic heterocycles. The molecule has 88 valence electrons. The van der Waals surface area contributed by atoms with Crippen LogP contribution in [0.15, 0.2) is 28.7 Å². The van der Waals surface area contributed by atoms with Crippen molar-refractivity contribution in [1.82, 2.24) is 4.98 Å². The van der Waals surface area contributed by atoms with Crippen LogP contribution in [0.4, 0.5) is 5.82 Å². The fourth-order valence-corrected chi connectivity index (χ4v) is 2.41. The molecule has 1 saturated carbocycles. The summed E-state index contributed by atoms with van der Waals surface area (Å²) in [5.41, 5.74) is 2.31. The molecule has 1 heterocycles. The highest BCUT2D eigenvalue weighted by atomic mass is 79.9. The van der Waals surface area contributed by atoms with Crippen molar-refractivity contribution >= 4 is 32.7 Å². The average Bonchev–Trinajstić information content (AvgIpc) is 3.11. The van der Waals surface area contributed by atoms with Crippen LogP contribution in [0.5, 0.6) is 0 Å². The lowest BCUT2D eigenvalue weighted by Gasteiger charge is -2.09. The average molecular weight is 291 g/mol. The molecular formula is C14H15BrN2. The fourth-order valence-electron chi connectivity index (χ4n) is 1.94. The molecule has 0 saturated heterocycles. The Balaban J connectivity index is 1.95. The van der Waals surface area contributed by atoms with Gasteiger partial charge in [-0.15, -0.1) is 0 Å². The molecule has 1 aliphatic rings. The minimum absolute atomic E-state index is 0.858. The van der Waals surface area contributed by atoms with Crippen LogP contribution < -0.4 is 5.32 Å². The van der Waals surface area contributed by atoms with Crippen LogP contribution in [0.25, 0.3) is 10.9 Å². The van der Waals surface area contributed by atoms with Crippen LogP contribution in [0.2, 0.25) is 0 Å². The van der Waals surface area contributed by atoms with Gasteiger partial charge < -0.3 is 5.32 Å². The molecule has 0 spiro atoms. The summed E-state index contributed by atoms with van der Waals surface area (Å²) in [5.74, 6) is 1.83. The van der Waals surface area contributed by atoms with E-state index in [4.69, 9.17) is 0 Å². The first-order chi connectivity index (χ1) is 8.22. The van der Waals surface area contributed by atoms with Gasteiger partial charge in [0.05, 0.1) is 9.99 Å². The number of nitrogens with one attached hydrogen (secondary N) is 1. The lowest BCUT2D eigenvalue weighted by molar-refractivity contribution is 0.883. The molecule has 1 N–H and O–H groups in total. The Kier molecular flexibility index (Phi) is 2.79. The van der Waals surface area contributed by atoms with Gasteiger partial charge in [0.1, 0.15) is 5.82 Å². The Morgan fingerprint density at radius 2 is 2.18 bits per heavy atom. The number of nitrogens with zero attached hydrogens (tertiary/aromatic N) is 1. The van der Waals surface area contributed by atoms with E-state index in [0.717, 1.165) is 28.3 Å². The van der Waals surface area contributed by atoms with E-state index in [1.54, 1.807) is 0 Å². The van der Waals surface area contributed by atoms with Gasteiger partial charge in [-0.1, -0.05) is 12.1 Å². The van der Waals surface area contributed by atoms with E-state index < -0.39 is 0 Å². The van der Waals surface area contributed by atoms with E-state index in [9.17, 15) is 0 Å². The van der Waals surface area contributed by atoms with E-state index in [1.165, 1.54) is 23.8 Å². The number of pyridine rings is 1. The summed E-state index contributed by atoms with van der Waals surface area (Å²) in [7, 11) is 0. The second kappa shape index (κ2) is 4.30. The van der Waals surface area contributed by atoms with Crippen molar-refractivity contribution in [2.24, 2.45) is 5.92 Å². The zero-order chi connectivity index (χ0) is 11.8. The van der Waals surface area contributed by atoms with E-state index in [1.807, 2.05) is 0 Å². The van der Waals surface area contributed by atoms with Crippen LogP contribution in [0.3, 0.4) is 0 Å². The molecule has 17 heavy (non-hydrogen) atoms. The first-order valence-corrected chi connectivity index (χ1v) is 6.82. The SMILES string of the molecule is Cc1ccc2cc(Br)c(NCC3CC3)nc2c1. The van der Waals surface area contributed by atoms with Gasteiger partial charge in [0.2, 0.25) is 0 Å². The maximum atomic E-state index is 4.68. The summed E-state index contributed by atoms with van der Waals surface area (Å²) in [5, 5.41) is 4.61. The van der Waals surface area contributed by atoms with Crippen LogP contribution in [-0.2, 0) is 0 Å². The van der Waals surface area contributed by atoms with Crippen molar-refractivity contribution in [3.8, 4) is 0 Å². The number of hydrogen-bond donors (Lipinski definition) is 1. The molecule has 0 bridgehead atoms. The number of fused-ring (bicyclic) bond motifs is 1. The van der Waals surface area contributed by atoms with E-state index in [2.05, 4.69) is 57.4 Å². The van der Waals surface area contributed by atoms with Crippen molar-refractivity contribution in [3.05, 3.63) is 34.3 Å². The molecule has 2 nitrogen and oxygen atoms in total. The molecular weight excluding hydrogens is 276 g/mol. The molecule has 0 radical (unpaired) electrons. The Morgan fingerprint density at radius 3 is 2.94 bits per heavy atom. The zero-order valence-electron chi connectivity index (χ0n) is 9.83. The quantitative estimate of drug-likeness (QED) is 0.919. The van der Waals surface area contributed by atoms with Crippen molar-refractivity contribution < 1.29 is 0 Å². The Morgan fingerprint density at radius 1 is 1.35 bits per heavy atom. The van der Waals surface area contributed by atoms with Crippen molar-refractivity contribution in [3.63, 3.8) is 0 Å². The van der Waals surface area contributed by atoms with Gasteiger partial charge in [0.25, 0.3) is 0 Å². The highest BCUT2D eigenvalue weighted by Crippen LogP contribution is 2.31. The minimum Gasteiger partial charge on any atom is -0.369 e. The van der Waals surface area contributed by atoms with Gasteiger partial charge in [0, 0.05) is 11.9 Å². The van der Waals surface area contributed by atoms with Crippen LogP contribution >= 0.6 is 15.9 Å². The maximum Gasteiger partial charge on any atom is 0.141 e. The Bertz CT molecular complexity index is 561. The minimum atomic E-state index is 0.858. The normalized spacial score (nSPS) is 15.2. The summed E-state index contributed by atoms with van der Waals surface area (Å²) in [6, 6.07) is 8.50. The van der Waals surface area contributed by atoms with Gasteiger partial charge in [-0.25, -0.2) is 4.98 Å². The largest absolute Gasteiger partial charge is 0.369 e.